The number of benzene rings is 2. The lowest BCUT2D eigenvalue weighted by Crippen LogP contribution is -2.45. The molecule has 1 aliphatic heterocycles. The zero-order valence-electron chi connectivity index (χ0n) is 17.2. The lowest BCUT2D eigenvalue weighted by Gasteiger charge is -2.33. The molecule has 5 nitrogen and oxygen atoms in total. The Hall–Kier alpha value is -2.73. The van der Waals surface area contributed by atoms with E-state index in [1.165, 1.54) is 11.1 Å². The Labute approximate surface area is 185 Å². The molecule has 1 aliphatic rings. The molecule has 154 valence electrons. The number of hydrogen-bond acceptors (Lipinski definition) is 4. The van der Waals surface area contributed by atoms with E-state index >= 15 is 0 Å². The molecule has 30 heavy (non-hydrogen) atoms. The second-order valence-corrected chi connectivity index (χ2v) is 8.72. The van der Waals surface area contributed by atoms with E-state index < -0.39 is 0 Å². The van der Waals surface area contributed by atoms with Crippen LogP contribution in [0, 0.1) is 13.8 Å². The van der Waals surface area contributed by atoms with Gasteiger partial charge in [-0.05, 0) is 70.9 Å². The van der Waals surface area contributed by atoms with Gasteiger partial charge in [-0.2, -0.15) is 0 Å². The van der Waals surface area contributed by atoms with Crippen molar-refractivity contribution in [1.29, 1.82) is 0 Å². The van der Waals surface area contributed by atoms with Gasteiger partial charge in [-0.15, -0.1) is 0 Å². The van der Waals surface area contributed by atoms with Crippen LogP contribution in [-0.2, 0) is 0 Å². The number of rotatable bonds is 4. The molecule has 4 rings (SSSR count). The van der Waals surface area contributed by atoms with Crippen LogP contribution in [0.3, 0.4) is 0 Å². The number of likely N-dealkylation sites (tertiary alicyclic amines) is 1. The standard InChI is InChI=1S/C24H25BrN4O/c1-16-9-10-18(12-17(16)2)21-7-3-4-8-22(21)23(30)29-11-5-6-20(15-29)28-24-26-13-19(25)14-27-24/h3-4,7-10,12-14,20H,5-6,11,15H2,1-2H3,(H,26,27,28)/t20-/m1/s1. The fraction of sp³-hybridized carbons (Fsp3) is 0.292. The number of aromatic nitrogens is 2. The maximum absolute atomic E-state index is 13.4. The van der Waals surface area contributed by atoms with Gasteiger partial charge in [0.2, 0.25) is 5.95 Å². The largest absolute Gasteiger partial charge is 0.350 e. The first-order chi connectivity index (χ1) is 14.5. The van der Waals surface area contributed by atoms with Crippen molar-refractivity contribution in [2.24, 2.45) is 0 Å². The van der Waals surface area contributed by atoms with Gasteiger partial charge in [0, 0.05) is 37.1 Å². The van der Waals surface area contributed by atoms with E-state index in [2.05, 4.69) is 63.3 Å². The SMILES string of the molecule is Cc1ccc(-c2ccccc2C(=O)N2CCC[C@@H](Nc3ncc(Br)cn3)C2)cc1C. The molecular weight excluding hydrogens is 440 g/mol. The molecular formula is C24H25BrN4O. The smallest absolute Gasteiger partial charge is 0.254 e. The number of carbonyl (C=O) groups excluding carboxylic acids is 1. The predicted molar refractivity (Wildman–Crippen MR) is 124 cm³/mol. The molecule has 2 heterocycles. The van der Waals surface area contributed by atoms with Gasteiger partial charge in [0.1, 0.15) is 0 Å². The average Bonchev–Trinajstić information content (AvgIpc) is 2.77. The van der Waals surface area contributed by atoms with Gasteiger partial charge >= 0.3 is 0 Å². The Balaban J connectivity index is 1.54. The number of carbonyl (C=O) groups is 1. The Morgan fingerprint density at radius 3 is 2.63 bits per heavy atom. The molecule has 1 saturated heterocycles. The summed E-state index contributed by atoms with van der Waals surface area (Å²) < 4.78 is 0.844. The maximum Gasteiger partial charge on any atom is 0.254 e. The number of aryl methyl sites for hydroxylation is 2. The number of hydrogen-bond donors (Lipinski definition) is 1. The molecule has 3 aromatic rings. The van der Waals surface area contributed by atoms with Crippen molar-refractivity contribution in [2.75, 3.05) is 18.4 Å². The number of amides is 1. The van der Waals surface area contributed by atoms with Crippen LogP contribution >= 0.6 is 15.9 Å². The van der Waals surface area contributed by atoms with Crippen molar-refractivity contribution in [1.82, 2.24) is 14.9 Å². The molecule has 0 saturated carbocycles. The summed E-state index contributed by atoms with van der Waals surface area (Å²) in [5.41, 5.74) is 5.30. The number of anilines is 1. The molecule has 1 amide bonds. The van der Waals surface area contributed by atoms with Crippen molar-refractivity contribution in [3.8, 4) is 11.1 Å². The Kier molecular flexibility index (Phi) is 6.13. The molecule has 6 heteroatoms. The van der Waals surface area contributed by atoms with Crippen LogP contribution in [-0.4, -0.2) is 39.9 Å². The summed E-state index contributed by atoms with van der Waals surface area (Å²) in [7, 11) is 0. The van der Waals surface area contributed by atoms with Crippen LogP contribution in [0.5, 0.6) is 0 Å². The molecule has 1 N–H and O–H groups in total. The van der Waals surface area contributed by atoms with Gasteiger partial charge in [0.25, 0.3) is 5.91 Å². The lowest BCUT2D eigenvalue weighted by atomic mass is 9.95. The molecule has 1 fully saturated rings. The van der Waals surface area contributed by atoms with Gasteiger partial charge in [-0.1, -0.05) is 36.4 Å². The first kappa shape index (κ1) is 20.5. The van der Waals surface area contributed by atoms with Crippen LogP contribution in [0.4, 0.5) is 5.95 Å². The van der Waals surface area contributed by atoms with Gasteiger partial charge in [-0.25, -0.2) is 9.97 Å². The topological polar surface area (TPSA) is 58.1 Å². The first-order valence-electron chi connectivity index (χ1n) is 10.2. The van der Waals surface area contributed by atoms with Gasteiger partial charge in [-0.3, -0.25) is 4.79 Å². The fourth-order valence-corrected chi connectivity index (χ4v) is 4.05. The van der Waals surface area contributed by atoms with Crippen LogP contribution in [0.15, 0.2) is 59.3 Å². The molecule has 2 aromatic carbocycles. The van der Waals surface area contributed by atoms with E-state index in [4.69, 9.17) is 0 Å². The molecule has 0 bridgehead atoms. The summed E-state index contributed by atoms with van der Waals surface area (Å²) in [6, 6.07) is 14.4. The third-order valence-electron chi connectivity index (χ3n) is 5.64. The van der Waals surface area contributed by atoms with Gasteiger partial charge in [0.05, 0.1) is 4.47 Å². The molecule has 0 spiro atoms. The Bertz CT molecular complexity index is 1050. The highest BCUT2D eigenvalue weighted by atomic mass is 79.9. The quantitative estimate of drug-likeness (QED) is 0.573. The molecule has 1 atom stereocenters. The maximum atomic E-state index is 13.4. The Morgan fingerprint density at radius 1 is 1.10 bits per heavy atom. The average molecular weight is 465 g/mol. The van der Waals surface area contributed by atoms with Crippen LogP contribution in [0.2, 0.25) is 0 Å². The summed E-state index contributed by atoms with van der Waals surface area (Å²) in [5, 5.41) is 3.37. The van der Waals surface area contributed by atoms with Crippen LogP contribution in [0.1, 0.15) is 34.3 Å². The highest BCUT2D eigenvalue weighted by Crippen LogP contribution is 2.28. The molecule has 0 radical (unpaired) electrons. The fourth-order valence-electron chi connectivity index (χ4n) is 3.85. The highest BCUT2D eigenvalue weighted by Gasteiger charge is 2.26. The molecule has 0 unspecified atom stereocenters. The van der Waals surface area contributed by atoms with Crippen LogP contribution < -0.4 is 5.32 Å². The number of nitrogens with zero attached hydrogens (tertiary/aromatic N) is 3. The number of halogens is 1. The van der Waals surface area contributed by atoms with E-state index in [1.807, 2.05) is 29.2 Å². The van der Waals surface area contributed by atoms with E-state index in [-0.39, 0.29) is 11.9 Å². The summed E-state index contributed by atoms with van der Waals surface area (Å²) in [6.45, 7) is 5.61. The molecule has 1 aromatic heterocycles. The highest BCUT2D eigenvalue weighted by molar-refractivity contribution is 9.10. The third kappa shape index (κ3) is 4.54. The summed E-state index contributed by atoms with van der Waals surface area (Å²) in [6.07, 6.45) is 5.38. The number of piperidine rings is 1. The monoisotopic (exact) mass is 464 g/mol. The second-order valence-electron chi connectivity index (χ2n) is 7.80. The van der Waals surface area contributed by atoms with Crippen LogP contribution in [0.25, 0.3) is 11.1 Å². The summed E-state index contributed by atoms with van der Waals surface area (Å²) >= 11 is 3.35. The van der Waals surface area contributed by atoms with Crippen molar-refractivity contribution < 1.29 is 4.79 Å². The predicted octanol–water partition coefficient (Wildman–Crippen LogP) is 5.24. The minimum atomic E-state index is 0.0760. The second kappa shape index (κ2) is 8.96. The van der Waals surface area contributed by atoms with E-state index in [1.54, 1.807) is 12.4 Å². The first-order valence-corrected chi connectivity index (χ1v) is 11.0. The molecule has 0 aliphatic carbocycles. The summed E-state index contributed by atoms with van der Waals surface area (Å²) in [4.78, 5) is 24.0. The van der Waals surface area contributed by atoms with E-state index in [0.717, 1.165) is 40.5 Å². The van der Waals surface area contributed by atoms with Gasteiger partial charge < -0.3 is 10.2 Å². The van der Waals surface area contributed by atoms with Gasteiger partial charge in [0.15, 0.2) is 0 Å². The van der Waals surface area contributed by atoms with E-state index in [0.29, 0.717) is 12.5 Å². The lowest BCUT2D eigenvalue weighted by molar-refractivity contribution is 0.0715. The third-order valence-corrected chi connectivity index (χ3v) is 6.05. The normalized spacial score (nSPS) is 16.4. The minimum Gasteiger partial charge on any atom is -0.350 e. The number of nitrogens with one attached hydrogen (secondary N) is 1. The van der Waals surface area contributed by atoms with E-state index in [9.17, 15) is 4.79 Å². The van der Waals surface area contributed by atoms with Crippen molar-refractivity contribution >= 4 is 27.8 Å². The van der Waals surface area contributed by atoms with Crippen molar-refractivity contribution in [3.05, 3.63) is 76.0 Å². The summed E-state index contributed by atoms with van der Waals surface area (Å²) in [5.74, 6) is 0.667. The zero-order valence-corrected chi connectivity index (χ0v) is 18.8. The Morgan fingerprint density at radius 2 is 1.87 bits per heavy atom. The zero-order chi connectivity index (χ0) is 21.1. The van der Waals surface area contributed by atoms with Crippen molar-refractivity contribution in [2.45, 2.75) is 32.7 Å². The minimum absolute atomic E-state index is 0.0760. The van der Waals surface area contributed by atoms with Crippen molar-refractivity contribution in [3.63, 3.8) is 0 Å².